The van der Waals surface area contributed by atoms with Gasteiger partial charge in [-0.25, -0.2) is 9.97 Å². The largest absolute Gasteiger partial charge is 0.378 e. The molecule has 0 aliphatic carbocycles. The maximum absolute atomic E-state index is 12.3. The second-order valence-corrected chi connectivity index (χ2v) is 5.52. The van der Waals surface area contributed by atoms with Crippen molar-refractivity contribution in [3.63, 3.8) is 0 Å². The van der Waals surface area contributed by atoms with Gasteiger partial charge < -0.3 is 14.5 Å². The van der Waals surface area contributed by atoms with Crippen LogP contribution in [-0.2, 0) is 11.3 Å². The summed E-state index contributed by atoms with van der Waals surface area (Å²) in [4.78, 5) is 24.7. The van der Waals surface area contributed by atoms with E-state index in [0.29, 0.717) is 37.8 Å². The fourth-order valence-corrected chi connectivity index (χ4v) is 2.51. The van der Waals surface area contributed by atoms with Gasteiger partial charge in [-0.05, 0) is 5.56 Å². The van der Waals surface area contributed by atoms with Crippen LogP contribution in [0.15, 0.2) is 42.7 Å². The monoisotopic (exact) mass is 312 g/mol. The number of aromatic nitrogens is 2. The van der Waals surface area contributed by atoms with Crippen molar-refractivity contribution in [2.45, 2.75) is 6.54 Å². The lowest BCUT2D eigenvalue weighted by atomic mass is 10.2. The number of carbonyl (C=O) groups is 1. The summed E-state index contributed by atoms with van der Waals surface area (Å²) in [5.74, 6) is 0.568. The molecule has 2 aromatic rings. The molecule has 0 radical (unpaired) electrons. The van der Waals surface area contributed by atoms with E-state index in [4.69, 9.17) is 4.74 Å². The van der Waals surface area contributed by atoms with Gasteiger partial charge in [0.1, 0.15) is 0 Å². The van der Waals surface area contributed by atoms with Gasteiger partial charge in [0.25, 0.3) is 5.91 Å². The van der Waals surface area contributed by atoms with Gasteiger partial charge in [-0.2, -0.15) is 0 Å². The first-order valence-corrected chi connectivity index (χ1v) is 7.68. The predicted molar refractivity (Wildman–Crippen MR) is 87.3 cm³/mol. The van der Waals surface area contributed by atoms with E-state index in [-0.39, 0.29) is 5.91 Å². The van der Waals surface area contributed by atoms with Crippen LogP contribution in [0.4, 0.5) is 5.95 Å². The molecule has 6 heteroatoms. The van der Waals surface area contributed by atoms with Crippen molar-refractivity contribution in [1.82, 2.24) is 14.9 Å². The van der Waals surface area contributed by atoms with Crippen LogP contribution in [-0.4, -0.2) is 54.1 Å². The Kier molecular flexibility index (Phi) is 4.83. The summed E-state index contributed by atoms with van der Waals surface area (Å²) in [6, 6.07) is 10.1. The lowest BCUT2D eigenvalue weighted by molar-refractivity contribution is 0.0302. The molecule has 0 saturated carbocycles. The molecular weight excluding hydrogens is 292 g/mol. The highest BCUT2D eigenvalue weighted by Crippen LogP contribution is 2.11. The van der Waals surface area contributed by atoms with Crippen LogP contribution < -0.4 is 4.90 Å². The zero-order valence-corrected chi connectivity index (χ0v) is 13.2. The fourth-order valence-electron chi connectivity index (χ4n) is 2.51. The standard InChI is InChI=1S/C17H20N4O2/c1-20(13-14-5-3-2-4-6-14)17-18-11-15(12-19-17)16(22)21-7-9-23-10-8-21/h2-6,11-12H,7-10,13H2,1H3. The lowest BCUT2D eigenvalue weighted by Crippen LogP contribution is -2.40. The normalized spacial score (nSPS) is 14.6. The van der Waals surface area contributed by atoms with Gasteiger partial charge in [0, 0.05) is 39.1 Å². The Balaban J connectivity index is 1.65. The molecule has 1 amide bonds. The van der Waals surface area contributed by atoms with Crippen LogP contribution in [0.1, 0.15) is 15.9 Å². The average Bonchev–Trinajstić information content (AvgIpc) is 2.63. The molecule has 23 heavy (non-hydrogen) atoms. The highest BCUT2D eigenvalue weighted by molar-refractivity contribution is 5.93. The fraction of sp³-hybridized carbons (Fsp3) is 0.353. The first-order chi connectivity index (χ1) is 11.2. The summed E-state index contributed by atoms with van der Waals surface area (Å²) < 4.78 is 5.26. The summed E-state index contributed by atoms with van der Waals surface area (Å²) >= 11 is 0. The van der Waals surface area contributed by atoms with Gasteiger partial charge >= 0.3 is 0 Å². The first kappa shape index (κ1) is 15.4. The molecule has 1 aliphatic rings. The summed E-state index contributed by atoms with van der Waals surface area (Å²) in [5, 5.41) is 0. The highest BCUT2D eigenvalue weighted by atomic mass is 16.5. The van der Waals surface area contributed by atoms with Gasteiger partial charge in [0.15, 0.2) is 0 Å². The molecule has 0 bridgehead atoms. The van der Waals surface area contributed by atoms with E-state index in [9.17, 15) is 4.79 Å². The summed E-state index contributed by atoms with van der Waals surface area (Å²) in [5.41, 5.74) is 1.70. The summed E-state index contributed by atoms with van der Waals surface area (Å²) in [6.45, 7) is 3.13. The van der Waals surface area contributed by atoms with Crippen LogP contribution in [0.3, 0.4) is 0 Å². The van der Waals surface area contributed by atoms with E-state index in [0.717, 1.165) is 6.54 Å². The van der Waals surface area contributed by atoms with Crippen LogP contribution in [0.2, 0.25) is 0 Å². The highest BCUT2D eigenvalue weighted by Gasteiger charge is 2.19. The molecule has 6 nitrogen and oxygen atoms in total. The molecule has 1 fully saturated rings. The molecule has 2 heterocycles. The van der Waals surface area contributed by atoms with Gasteiger partial charge in [-0.15, -0.1) is 0 Å². The maximum atomic E-state index is 12.3. The van der Waals surface area contributed by atoms with Crippen molar-refractivity contribution in [3.05, 3.63) is 53.9 Å². The molecule has 0 atom stereocenters. The molecule has 1 aliphatic heterocycles. The maximum Gasteiger partial charge on any atom is 0.257 e. The minimum atomic E-state index is -0.0365. The third-order valence-electron chi connectivity index (χ3n) is 3.79. The Labute approximate surface area is 135 Å². The van der Waals surface area contributed by atoms with E-state index < -0.39 is 0 Å². The van der Waals surface area contributed by atoms with Gasteiger partial charge in [-0.3, -0.25) is 4.79 Å². The van der Waals surface area contributed by atoms with Crippen molar-refractivity contribution < 1.29 is 9.53 Å². The van der Waals surface area contributed by atoms with Crippen LogP contribution >= 0.6 is 0 Å². The molecule has 3 rings (SSSR count). The second kappa shape index (κ2) is 7.19. The number of ether oxygens (including phenoxy) is 1. The predicted octanol–water partition coefficient (Wildman–Crippen LogP) is 1.59. The summed E-state index contributed by atoms with van der Waals surface area (Å²) in [7, 11) is 1.94. The Bertz CT molecular complexity index is 639. The van der Waals surface area contributed by atoms with Gasteiger partial charge in [-0.1, -0.05) is 30.3 Å². The minimum Gasteiger partial charge on any atom is -0.378 e. The number of hydrogen-bond donors (Lipinski definition) is 0. The van der Waals surface area contributed by atoms with Gasteiger partial charge in [0.05, 0.1) is 18.8 Å². The number of benzene rings is 1. The number of anilines is 1. The second-order valence-electron chi connectivity index (χ2n) is 5.52. The Morgan fingerprint density at radius 2 is 1.83 bits per heavy atom. The van der Waals surface area contributed by atoms with E-state index in [1.54, 1.807) is 17.3 Å². The van der Waals surface area contributed by atoms with E-state index in [1.807, 2.05) is 30.1 Å². The quantitative estimate of drug-likeness (QED) is 0.858. The average molecular weight is 312 g/mol. The zero-order valence-electron chi connectivity index (χ0n) is 13.2. The van der Waals surface area contributed by atoms with Crippen LogP contribution in [0.25, 0.3) is 0 Å². The van der Waals surface area contributed by atoms with Crippen LogP contribution in [0, 0.1) is 0 Å². The van der Waals surface area contributed by atoms with Gasteiger partial charge in [0.2, 0.25) is 5.95 Å². The molecule has 0 N–H and O–H groups in total. The number of hydrogen-bond acceptors (Lipinski definition) is 5. The smallest absolute Gasteiger partial charge is 0.257 e. The first-order valence-electron chi connectivity index (χ1n) is 7.68. The van der Waals surface area contributed by atoms with E-state index >= 15 is 0 Å². The van der Waals surface area contributed by atoms with Crippen molar-refractivity contribution >= 4 is 11.9 Å². The molecule has 0 spiro atoms. The SMILES string of the molecule is CN(Cc1ccccc1)c1ncc(C(=O)N2CCOCC2)cn1. The minimum absolute atomic E-state index is 0.0365. The van der Waals surface area contributed by atoms with Crippen molar-refractivity contribution in [3.8, 4) is 0 Å². The molecular formula is C17H20N4O2. The lowest BCUT2D eigenvalue weighted by Gasteiger charge is -2.26. The summed E-state index contributed by atoms with van der Waals surface area (Å²) in [6.07, 6.45) is 3.20. The Morgan fingerprint density at radius 1 is 1.17 bits per heavy atom. The Hall–Kier alpha value is -2.47. The van der Waals surface area contributed by atoms with Crippen molar-refractivity contribution in [2.75, 3.05) is 38.3 Å². The number of nitrogens with zero attached hydrogens (tertiary/aromatic N) is 4. The number of carbonyl (C=O) groups excluding carboxylic acids is 1. The third-order valence-corrected chi connectivity index (χ3v) is 3.79. The number of rotatable bonds is 4. The van der Waals surface area contributed by atoms with Crippen LogP contribution in [0.5, 0.6) is 0 Å². The molecule has 1 saturated heterocycles. The Morgan fingerprint density at radius 3 is 2.48 bits per heavy atom. The zero-order chi connectivity index (χ0) is 16.1. The van der Waals surface area contributed by atoms with E-state index in [2.05, 4.69) is 22.1 Å². The molecule has 120 valence electrons. The van der Waals surface area contributed by atoms with Crippen molar-refractivity contribution in [2.24, 2.45) is 0 Å². The molecule has 1 aromatic carbocycles. The topological polar surface area (TPSA) is 58.6 Å². The number of morpholine rings is 1. The van der Waals surface area contributed by atoms with Crippen molar-refractivity contribution in [1.29, 1.82) is 0 Å². The molecule has 0 unspecified atom stereocenters. The van der Waals surface area contributed by atoms with E-state index in [1.165, 1.54) is 5.56 Å². The third kappa shape index (κ3) is 3.84. The number of amides is 1. The molecule has 1 aromatic heterocycles.